The zero-order valence-electron chi connectivity index (χ0n) is 26.3. The van der Waals surface area contributed by atoms with Crippen LogP contribution in [0.1, 0.15) is 76.6 Å². The maximum Gasteiger partial charge on any atom is 0.254 e. The number of amides is 2. The molecule has 0 unspecified atom stereocenters. The maximum atomic E-state index is 14.9. The van der Waals surface area contributed by atoms with Crippen LogP contribution in [0.15, 0.2) is 30.6 Å². The summed E-state index contributed by atoms with van der Waals surface area (Å²) in [6, 6.07) is 4.81. The zero-order chi connectivity index (χ0) is 30.7. The number of benzene rings is 1. The first-order valence-electron chi connectivity index (χ1n) is 16.5. The molecule has 2 amide bonds. The Balaban J connectivity index is 0.893. The van der Waals surface area contributed by atoms with Gasteiger partial charge in [-0.25, -0.2) is 14.4 Å². The third-order valence-electron chi connectivity index (χ3n) is 10.6. The molecule has 2 saturated carbocycles. The van der Waals surface area contributed by atoms with E-state index in [0.29, 0.717) is 29.6 Å². The number of hydrogen-bond donors (Lipinski definition) is 1. The van der Waals surface area contributed by atoms with Gasteiger partial charge in [-0.3, -0.25) is 9.59 Å². The Morgan fingerprint density at radius 1 is 1.05 bits per heavy atom. The smallest absolute Gasteiger partial charge is 0.254 e. The van der Waals surface area contributed by atoms with Gasteiger partial charge in [0.15, 0.2) is 17.3 Å². The van der Waals surface area contributed by atoms with Crippen molar-refractivity contribution in [1.82, 2.24) is 25.1 Å². The van der Waals surface area contributed by atoms with E-state index in [1.807, 2.05) is 27.7 Å². The number of likely N-dealkylation sites (tertiary alicyclic amines) is 1. The van der Waals surface area contributed by atoms with E-state index in [2.05, 4.69) is 25.1 Å². The molecule has 1 N–H and O–H groups in total. The fourth-order valence-electron chi connectivity index (χ4n) is 8.31. The molecule has 1 aromatic heterocycles. The summed E-state index contributed by atoms with van der Waals surface area (Å²) >= 11 is 0. The number of carbonyl (C=O) groups is 2. The molecule has 6 fully saturated rings. The average molecular weight is 605 g/mol. The minimum absolute atomic E-state index is 0.00235. The number of aromatic nitrogens is 2. The fraction of sp³-hybridized carbons (Fsp3) is 0.647. The Hall–Kier alpha value is -3.27. The lowest BCUT2D eigenvalue weighted by atomic mass is 9.67. The van der Waals surface area contributed by atoms with Gasteiger partial charge in [0.2, 0.25) is 11.9 Å². The van der Waals surface area contributed by atoms with E-state index in [1.54, 1.807) is 23.4 Å². The Morgan fingerprint density at radius 2 is 1.75 bits per heavy atom. The molecule has 1 aromatic carbocycles. The summed E-state index contributed by atoms with van der Waals surface area (Å²) in [6.45, 7) is 11.0. The summed E-state index contributed by atoms with van der Waals surface area (Å²) < 4.78 is 20.6. The highest BCUT2D eigenvalue weighted by molar-refractivity contribution is 5.94. The largest absolute Gasteiger partial charge is 0.451 e. The van der Waals surface area contributed by atoms with Crippen LogP contribution in [-0.2, 0) is 4.79 Å². The predicted molar refractivity (Wildman–Crippen MR) is 165 cm³/mol. The third kappa shape index (κ3) is 5.54. The molecule has 2 aromatic rings. The molecule has 236 valence electrons. The topological polar surface area (TPSA) is 90.9 Å². The van der Waals surface area contributed by atoms with Gasteiger partial charge in [0.05, 0.1) is 18.4 Å². The SMILES string of the molecule is CC(C)N(C(=O)c1ccc(Oc2cnc(N3CC4(CN(C(=O)[C@H]5N[C@H]6CC[C@@H]5C[C@@H]6CC5CC5)C4)C3)nc2)c(F)c1)C(C)C. The molecule has 8 rings (SSSR count). The van der Waals surface area contributed by atoms with Gasteiger partial charge in [0.25, 0.3) is 5.91 Å². The molecular formula is C34H45FN6O3. The lowest BCUT2D eigenvalue weighted by Crippen LogP contribution is -2.75. The second-order valence-electron chi connectivity index (χ2n) is 14.7. The fourth-order valence-corrected chi connectivity index (χ4v) is 8.31. The monoisotopic (exact) mass is 604 g/mol. The maximum absolute atomic E-state index is 14.9. The molecule has 10 heteroatoms. The number of halogens is 1. The minimum Gasteiger partial charge on any atom is -0.451 e. The van der Waals surface area contributed by atoms with Crippen LogP contribution < -0.4 is 15.0 Å². The summed E-state index contributed by atoms with van der Waals surface area (Å²) in [5.74, 6) is 2.62. The molecule has 4 saturated heterocycles. The Bertz CT molecular complexity index is 1390. The molecule has 2 aliphatic carbocycles. The molecule has 5 heterocycles. The van der Waals surface area contributed by atoms with Gasteiger partial charge in [0.1, 0.15) is 0 Å². The lowest BCUT2D eigenvalue weighted by molar-refractivity contribution is -0.152. The van der Waals surface area contributed by atoms with Crippen molar-refractivity contribution in [2.45, 2.75) is 90.4 Å². The summed E-state index contributed by atoms with van der Waals surface area (Å²) in [7, 11) is 0. The second-order valence-corrected chi connectivity index (χ2v) is 14.7. The number of carbonyl (C=O) groups excluding carboxylic acids is 2. The Labute approximate surface area is 259 Å². The van der Waals surface area contributed by atoms with E-state index in [0.717, 1.165) is 38.0 Å². The standard InChI is InChI=1S/C34H45FN6O3/c1-20(2)41(21(3)4)31(42)24-8-10-29(27(35)13-24)44-26-14-36-33(37-15-26)40-18-34(19-40)16-39(17-34)32(43)30-23-7-9-28(38-30)25(12-23)11-22-5-6-22/h8,10,13-15,20-23,25,28,30,38H,5-7,9,11-12,16-19H2,1-4H3/t23-,25+,28+,30+/m1/s1. The van der Waals surface area contributed by atoms with E-state index >= 15 is 0 Å². The lowest BCUT2D eigenvalue weighted by Gasteiger charge is -2.61. The second kappa shape index (κ2) is 11.3. The van der Waals surface area contributed by atoms with E-state index in [1.165, 1.54) is 50.7 Å². The predicted octanol–water partition coefficient (Wildman–Crippen LogP) is 4.87. The zero-order valence-corrected chi connectivity index (χ0v) is 26.3. The van der Waals surface area contributed by atoms with Crippen LogP contribution in [0, 0.1) is 29.0 Å². The number of hydrogen-bond acceptors (Lipinski definition) is 7. The normalized spacial score (nSPS) is 27.0. The van der Waals surface area contributed by atoms with Crippen molar-refractivity contribution < 1.29 is 18.7 Å². The van der Waals surface area contributed by atoms with E-state index < -0.39 is 5.82 Å². The van der Waals surface area contributed by atoms with Crippen molar-refractivity contribution in [1.29, 1.82) is 0 Å². The highest BCUT2D eigenvalue weighted by atomic mass is 19.1. The van der Waals surface area contributed by atoms with Crippen LogP contribution in [0.3, 0.4) is 0 Å². The van der Waals surface area contributed by atoms with Crippen molar-refractivity contribution in [2.24, 2.45) is 23.2 Å². The van der Waals surface area contributed by atoms with Crippen LogP contribution >= 0.6 is 0 Å². The molecular weight excluding hydrogens is 559 g/mol. The molecule has 44 heavy (non-hydrogen) atoms. The summed E-state index contributed by atoms with van der Waals surface area (Å²) in [5.41, 5.74) is 0.408. The van der Waals surface area contributed by atoms with E-state index in [4.69, 9.17) is 4.74 Å². The van der Waals surface area contributed by atoms with Gasteiger partial charge in [0, 0.05) is 55.3 Å². The number of rotatable bonds is 9. The van der Waals surface area contributed by atoms with Crippen molar-refractivity contribution >= 4 is 17.8 Å². The number of anilines is 1. The first kappa shape index (κ1) is 29.4. The van der Waals surface area contributed by atoms with Crippen molar-refractivity contribution in [3.8, 4) is 11.5 Å². The van der Waals surface area contributed by atoms with E-state index in [9.17, 15) is 14.0 Å². The first-order chi connectivity index (χ1) is 21.1. The quantitative estimate of drug-likeness (QED) is 0.437. The van der Waals surface area contributed by atoms with Crippen LogP contribution in [0.25, 0.3) is 0 Å². The molecule has 4 atom stereocenters. The highest BCUT2D eigenvalue weighted by Crippen LogP contribution is 2.46. The number of ether oxygens (including phenoxy) is 1. The average Bonchev–Trinajstić information content (AvgIpc) is 3.77. The van der Waals surface area contributed by atoms with Crippen LogP contribution in [0.5, 0.6) is 11.5 Å². The summed E-state index contributed by atoms with van der Waals surface area (Å²) in [6.07, 6.45) is 10.9. The number of nitrogens with zero attached hydrogens (tertiary/aromatic N) is 5. The first-order valence-corrected chi connectivity index (χ1v) is 16.5. The van der Waals surface area contributed by atoms with Gasteiger partial charge in [-0.2, -0.15) is 0 Å². The Kier molecular flexibility index (Phi) is 7.54. The number of nitrogens with one attached hydrogen (secondary N) is 1. The van der Waals surface area contributed by atoms with E-state index in [-0.39, 0.29) is 40.8 Å². The molecule has 2 bridgehead atoms. The summed E-state index contributed by atoms with van der Waals surface area (Å²) in [4.78, 5) is 41.1. The van der Waals surface area contributed by atoms with Crippen molar-refractivity contribution in [2.75, 3.05) is 31.1 Å². The highest BCUT2D eigenvalue weighted by Gasteiger charge is 2.56. The molecule has 6 aliphatic rings. The third-order valence-corrected chi connectivity index (χ3v) is 10.6. The van der Waals surface area contributed by atoms with Gasteiger partial charge >= 0.3 is 0 Å². The van der Waals surface area contributed by atoms with Crippen LogP contribution in [0.4, 0.5) is 10.3 Å². The molecule has 1 spiro atoms. The molecule has 0 radical (unpaired) electrons. The van der Waals surface area contributed by atoms with Crippen LogP contribution in [-0.4, -0.2) is 81.9 Å². The number of fused-ring (bicyclic) bond motifs is 3. The molecule has 4 aliphatic heterocycles. The van der Waals surface area contributed by atoms with Crippen molar-refractivity contribution in [3.05, 3.63) is 42.0 Å². The Morgan fingerprint density at radius 3 is 2.34 bits per heavy atom. The van der Waals surface area contributed by atoms with Gasteiger partial charge in [-0.1, -0.05) is 12.8 Å². The summed E-state index contributed by atoms with van der Waals surface area (Å²) in [5, 5.41) is 3.76. The molecule has 9 nitrogen and oxygen atoms in total. The van der Waals surface area contributed by atoms with Gasteiger partial charge < -0.3 is 24.8 Å². The van der Waals surface area contributed by atoms with Gasteiger partial charge in [-0.15, -0.1) is 0 Å². The van der Waals surface area contributed by atoms with Crippen LogP contribution in [0.2, 0.25) is 0 Å². The number of piperidine rings is 2. The van der Waals surface area contributed by atoms with Gasteiger partial charge in [-0.05, 0) is 89.3 Å². The van der Waals surface area contributed by atoms with Crippen molar-refractivity contribution in [3.63, 3.8) is 0 Å². The minimum atomic E-state index is -0.615.